The topological polar surface area (TPSA) is 12.0 Å². The third-order valence-electron chi connectivity index (χ3n) is 2.46. The second-order valence-electron chi connectivity index (χ2n) is 3.41. The molecule has 0 amide bonds. The zero-order chi connectivity index (χ0) is 10.4. The third-order valence-corrected chi connectivity index (χ3v) is 2.46. The molecule has 0 saturated carbocycles. The lowest BCUT2D eigenvalue weighted by Gasteiger charge is -2.17. The van der Waals surface area contributed by atoms with Crippen LogP contribution in [0.4, 0.5) is 0 Å². The van der Waals surface area contributed by atoms with E-state index < -0.39 is 0 Å². The molecule has 0 spiro atoms. The standard InChI is InChI=1S/C13H19N/c1-4-13(14-5-2)11(3)12-9-7-6-8-10-12/h4,6-11,14H,5H2,1-3H3/b13-4-. The second kappa shape index (κ2) is 5.48. The molecule has 1 aromatic carbocycles. The summed E-state index contributed by atoms with van der Waals surface area (Å²) in [5.74, 6) is 0.459. The first-order chi connectivity index (χ1) is 6.79. The summed E-state index contributed by atoms with van der Waals surface area (Å²) < 4.78 is 0. The van der Waals surface area contributed by atoms with E-state index in [0.29, 0.717) is 5.92 Å². The molecule has 1 unspecified atom stereocenters. The van der Waals surface area contributed by atoms with E-state index in [-0.39, 0.29) is 0 Å². The molecule has 0 aromatic heterocycles. The van der Waals surface area contributed by atoms with Crippen LogP contribution in [0.2, 0.25) is 0 Å². The molecule has 0 aliphatic rings. The summed E-state index contributed by atoms with van der Waals surface area (Å²) in [6.45, 7) is 7.42. The Labute approximate surface area is 86.8 Å². The molecule has 1 aromatic rings. The minimum Gasteiger partial charge on any atom is -0.388 e. The largest absolute Gasteiger partial charge is 0.388 e. The summed E-state index contributed by atoms with van der Waals surface area (Å²) in [6.07, 6.45) is 2.15. The highest BCUT2D eigenvalue weighted by Crippen LogP contribution is 2.21. The number of benzene rings is 1. The highest BCUT2D eigenvalue weighted by atomic mass is 14.9. The van der Waals surface area contributed by atoms with E-state index in [2.05, 4.69) is 62.5 Å². The summed E-state index contributed by atoms with van der Waals surface area (Å²) in [5, 5.41) is 3.39. The van der Waals surface area contributed by atoms with Gasteiger partial charge in [0, 0.05) is 18.2 Å². The SMILES string of the molecule is C/C=C(\NCC)C(C)c1ccccc1. The predicted molar refractivity (Wildman–Crippen MR) is 62.3 cm³/mol. The van der Waals surface area contributed by atoms with Gasteiger partial charge in [-0.25, -0.2) is 0 Å². The Hall–Kier alpha value is -1.24. The Morgan fingerprint density at radius 2 is 2.00 bits per heavy atom. The van der Waals surface area contributed by atoms with Crippen LogP contribution in [0.3, 0.4) is 0 Å². The van der Waals surface area contributed by atoms with Gasteiger partial charge in [0.2, 0.25) is 0 Å². The van der Waals surface area contributed by atoms with Crippen LogP contribution in [0.1, 0.15) is 32.3 Å². The minimum absolute atomic E-state index is 0.459. The van der Waals surface area contributed by atoms with Crippen molar-refractivity contribution in [2.24, 2.45) is 0 Å². The van der Waals surface area contributed by atoms with Crippen LogP contribution in [-0.2, 0) is 0 Å². The number of hydrogen-bond acceptors (Lipinski definition) is 1. The Kier molecular flexibility index (Phi) is 4.24. The van der Waals surface area contributed by atoms with Gasteiger partial charge in [-0.3, -0.25) is 0 Å². The van der Waals surface area contributed by atoms with Gasteiger partial charge in [0.25, 0.3) is 0 Å². The van der Waals surface area contributed by atoms with Crippen LogP contribution >= 0.6 is 0 Å². The molecule has 14 heavy (non-hydrogen) atoms. The van der Waals surface area contributed by atoms with Crippen molar-refractivity contribution in [3.63, 3.8) is 0 Å². The summed E-state index contributed by atoms with van der Waals surface area (Å²) in [7, 11) is 0. The molecule has 1 rings (SSSR count). The van der Waals surface area contributed by atoms with E-state index >= 15 is 0 Å². The fraction of sp³-hybridized carbons (Fsp3) is 0.385. The lowest BCUT2D eigenvalue weighted by atomic mass is 9.97. The lowest BCUT2D eigenvalue weighted by molar-refractivity contribution is 0.737. The van der Waals surface area contributed by atoms with Crippen LogP contribution in [0.25, 0.3) is 0 Å². The second-order valence-corrected chi connectivity index (χ2v) is 3.41. The molecule has 1 nitrogen and oxygen atoms in total. The van der Waals surface area contributed by atoms with Crippen LogP contribution in [0, 0.1) is 0 Å². The fourth-order valence-corrected chi connectivity index (χ4v) is 1.63. The molecular weight excluding hydrogens is 170 g/mol. The van der Waals surface area contributed by atoms with Crippen molar-refractivity contribution in [2.75, 3.05) is 6.54 Å². The molecule has 0 aliphatic carbocycles. The van der Waals surface area contributed by atoms with Crippen molar-refractivity contribution < 1.29 is 0 Å². The first-order valence-corrected chi connectivity index (χ1v) is 5.24. The first kappa shape index (κ1) is 10.8. The molecule has 1 atom stereocenters. The highest BCUT2D eigenvalue weighted by Gasteiger charge is 2.08. The molecule has 0 aliphatic heterocycles. The lowest BCUT2D eigenvalue weighted by Crippen LogP contribution is -2.16. The molecule has 1 heteroatoms. The van der Waals surface area contributed by atoms with Gasteiger partial charge in [-0.1, -0.05) is 43.3 Å². The van der Waals surface area contributed by atoms with Crippen molar-refractivity contribution >= 4 is 0 Å². The molecule has 1 N–H and O–H groups in total. The average molecular weight is 189 g/mol. The van der Waals surface area contributed by atoms with E-state index in [1.807, 2.05) is 0 Å². The van der Waals surface area contributed by atoms with Crippen LogP contribution in [0.5, 0.6) is 0 Å². The number of allylic oxidation sites excluding steroid dienone is 2. The molecular formula is C13H19N. The first-order valence-electron chi connectivity index (χ1n) is 5.24. The monoisotopic (exact) mass is 189 g/mol. The van der Waals surface area contributed by atoms with Crippen LogP contribution in [0.15, 0.2) is 42.1 Å². The zero-order valence-corrected chi connectivity index (χ0v) is 9.25. The highest BCUT2D eigenvalue weighted by molar-refractivity contribution is 5.26. The maximum Gasteiger partial charge on any atom is 0.0206 e. The molecule has 0 heterocycles. The molecule has 0 bridgehead atoms. The van der Waals surface area contributed by atoms with Gasteiger partial charge in [-0.05, 0) is 19.4 Å². The minimum atomic E-state index is 0.459. The number of likely N-dealkylation sites (N-methyl/N-ethyl adjacent to an activating group) is 1. The molecule has 0 radical (unpaired) electrons. The maximum atomic E-state index is 3.39. The van der Waals surface area contributed by atoms with E-state index in [0.717, 1.165) is 6.54 Å². The van der Waals surface area contributed by atoms with E-state index in [9.17, 15) is 0 Å². The summed E-state index contributed by atoms with van der Waals surface area (Å²) >= 11 is 0. The van der Waals surface area contributed by atoms with Crippen molar-refractivity contribution in [3.8, 4) is 0 Å². The third kappa shape index (κ3) is 2.63. The molecule has 0 fully saturated rings. The summed E-state index contributed by atoms with van der Waals surface area (Å²) in [5.41, 5.74) is 2.67. The number of rotatable bonds is 4. The Bertz CT molecular complexity index is 287. The van der Waals surface area contributed by atoms with Crippen molar-refractivity contribution in [1.29, 1.82) is 0 Å². The van der Waals surface area contributed by atoms with Gasteiger partial charge in [0.15, 0.2) is 0 Å². The summed E-state index contributed by atoms with van der Waals surface area (Å²) in [6, 6.07) is 10.6. The normalized spacial score (nSPS) is 13.8. The van der Waals surface area contributed by atoms with Gasteiger partial charge in [-0.15, -0.1) is 0 Å². The Balaban J connectivity index is 2.78. The van der Waals surface area contributed by atoms with Crippen LogP contribution in [-0.4, -0.2) is 6.54 Å². The number of nitrogens with one attached hydrogen (secondary N) is 1. The van der Waals surface area contributed by atoms with Gasteiger partial charge < -0.3 is 5.32 Å². The van der Waals surface area contributed by atoms with Gasteiger partial charge >= 0.3 is 0 Å². The number of hydrogen-bond donors (Lipinski definition) is 1. The fourth-order valence-electron chi connectivity index (χ4n) is 1.63. The predicted octanol–water partition coefficient (Wildman–Crippen LogP) is 3.30. The summed E-state index contributed by atoms with van der Waals surface area (Å²) in [4.78, 5) is 0. The Morgan fingerprint density at radius 3 is 2.50 bits per heavy atom. The Morgan fingerprint density at radius 1 is 1.36 bits per heavy atom. The van der Waals surface area contributed by atoms with Gasteiger partial charge in [0.05, 0.1) is 0 Å². The van der Waals surface area contributed by atoms with E-state index in [4.69, 9.17) is 0 Å². The van der Waals surface area contributed by atoms with Crippen molar-refractivity contribution in [1.82, 2.24) is 5.32 Å². The zero-order valence-electron chi connectivity index (χ0n) is 9.25. The maximum absolute atomic E-state index is 3.39. The average Bonchev–Trinajstić information content (AvgIpc) is 2.26. The van der Waals surface area contributed by atoms with Gasteiger partial charge in [0.1, 0.15) is 0 Å². The van der Waals surface area contributed by atoms with Crippen molar-refractivity contribution in [3.05, 3.63) is 47.7 Å². The molecule has 76 valence electrons. The van der Waals surface area contributed by atoms with E-state index in [1.165, 1.54) is 11.3 Å². The van der Waals surface area contributed by atoms with Crippen LogP contribution < -0.4 is 5.32 Å². The van der Waals surface area contributed by atoms with Crippen molar-refractivity contribution in [2.45, 2.75) is 26.7 Å². The smallest absolute Gasteiger partial charge is 0.0206 e. The molecule has 0 saturated heterocycles. The van der Waals surface area contributed by atoms with Gasteiger partial charge in [-0.2, -0.15) is 0 Å². The van der Waals surface area contributed by atoms with E-state index in [1.54, 1.807) is 0 Å². The quantitative estimate of drug-likeness (QED) is 0.766.